The van der Waals surface area contributed by atoms with Crippen molar-refractivity contribution in [2.75, 3.05) is 20.2 Å². The van der Waals surface area contributed by atoms with Crippen molar-refractivity contribution in [1.29, 1.82) is 0 Å². The molecule has 1 amide bonds. The number of methoxy groups -OCH3 is 1. The van der Waals surface area contributed by atoms with Gasteiger partial charge in [-0.25, -0.2) is 4.98 Å². The fraction of sp³-hybridized carbons (Fsp3) is 0.636. The fourth-order valence-corrected chi connectivity index (χ4v) is 5.18. The van der Waals surface area contributed by atoms with Gasteiger partial charge in [-0.1, -0.05) is 13.3 Å². The predicted octanol–water partition coefficient (Wildman–Crippen LogP) is 3.40. The van der Waals surface area contributed by atoms with Gasteiger partial charge < -0.3 is 14.6 Å². The predicted molar refractivity (Wildman–Crippen MR) is 115 cm³/mol. The maximum atomic E-state index is 12.8. The van der Waals surface area contributed by atoms with Crippen LogP contribution in [0.15, 0.2) is 18.5 Å². The summed E-state index contributed by atoms with van der Waals surface area (Å²) in [6.07, 6.45) is 7.23. The van der Waals surface area contributed by atoms with Crippen molar-refractivity contribution in [2.45, 2.75) is 58.5 Å². The van der Waals surface area contributed by atoms with Crippen molar-refractivity contribution in [3.05, 3.63) is 24.3 Å². The second kappa shape index (κ2) is 8.71. The molecule has 0 bridgehead atoms. The first-order chi connectivity index (χ1) is 14.6. The Morgan fingerprint density at radius 2 is 2.10 bits per heavy atom. The van der Waals surface area contributed by atoms with Gasteiger partial charge in [0.1, 0.15) is 11.9 Å². The van der Waals surface area contributed by atoms with Crippen LogP contribution in [0, 0.1) is 11.8 Å². The maximum absolute atomic E-state index is 12.8. The Labute approximate surface area is 177 Å². The van der Waals surface area contributed by atoms with Crippen molar-refractivity contribution in [1.82, 2.24) is 29.5 Å². The molecule has 0 aromatic carbocycles. The quantitative estimate of drug-likeness (QED) is 0.613. The van der Waals surface area contributed by atoms with Gasteiger partial charge in [-0.05, 0) is 51.0 Å². The molecule has 4 atom stereocenters. The van der Waals surface area contributed by atoms with Crippen LogP contribution >= 0.6 is 0 Å². The molecule has 30 heavy (non-hydrogen) atoms. The Morgan fingerprint density at radius 3 is 2.80 bits per heavy atom. The van der Waals surface area contributed by atoms with Gasteiger partial charge in [0.25, 0.3) is 5.91 Å². The molecule has 0 spiro atoms. The fourth-order valence-electron chi connectivity index (χ4n) is 5.18. The molecular weight excluding hydrogens is 380 g/mol. The first-order valence-corrected chi connectivity index (χ1v) is 11.1. The number of likely N-dealkylation sites (N-methyl/N-ethyl adjacent to an activating group) is 1. The molecule has 8 nitrogen and oxygen atoms in total. The van der Waals surface area contributed by atoms with Crippen LogP contribution in [-0.2, 0) is 9.53 Å². The highest BCUT2D eigenvalue weighted by Gasteiger charge is 2.39. The van der Waals surface area contributed by atoms with Crippen molar-refractivity contribution in [3.8, 4) is 0 Å². The molecule has 4 rings (SSSR count). The summed E-state index contributed by atoms with van der Waals surface area (Å²) in [5.74, 6) is 2.38. The second-order valence-corrected chi connectivity index (χ2v) is 8.30. The lowest BCUT2D eigenvalue weighted by molar-refractivity contribution is -0.142. The number of fused-ring (bicyclic) bond motifs is 3. The number of carbonyl (C=O) groups excluding carboxylic acids is 1. The molecule has 1 unspecified atom stereocenters. The molecule has 162 valence electrons. The van der Waals surface area contributed by atoms with Gasteiger partial charge in [0.2, 0.25) is 0 Å². The molecule has 3 heterocycles. The van der Waals surface area contributed by atoms with Gasteiger partial charge in [0, 0.05) is 32.3 Å². The molecule has 1 aliphatic rings. The topological polar surface area (TPSA) is 88.4 Å². The molecule has 8 heteroatoms. The lowest BCUT2D eigenvalue weighted by atomic mass is 9.93. The number of hydrogen-bond acceptors (Lipinski definition) is 5. The summed E-state index contributed by atoms with van der Waals surface area (Å²) in [5, 5.41) is 8.97. The Hall–Kier alpha value is -2.48. The zero-order valence-electron chi connectivity index (χ0n) is 18.3. The number of aromatic amines is 1. The summed E-state index contributed by atoms with van der Waals surface area (Å²) in [5.41, 5.74) is 2.63. The van der Waals surface area contributed by atoms with Crippen LogP contribution in [0.1, 0.15) is 58.2 Å². The monoisotopic (exact) mass is 412 g/mol. The van der Waals surface area contributed by atoms with Crippen LogP contribution in [0.2, 0.25) is 0 Å². The van der Waals surface area contributed by atoms with E-state index in [0.717, 1.165) is 48.3 Å². The number of aromatic nitrogens is 5. The standard InChI is InChI=1S/C22H32N6O2/c1-5-15-10-14(12-18(30-4)22(29)27(6-2)7-3)11-16(15)21-26-25-19-13-24-20-17(28(19)21)8-9-23-20/h8-9,13-16,18,23H,5-7,10-12H2,1-4H3/t14-,15+,16+,18?/m1/s1. The first-order valence-electron chi connectivity index (χ1n) is 11.1. The number of amides is 1. The van der Waals surface area contributed by atoms with E-state index < -0.39 is 0 Å². The minimum Gasteiger partial charge on any atom is -0.372 e. The molecule has 1 aliphatic carbocycles. The van der Waals surface area contributed by atoms with E-state index in [-0.39, 0.29) is 12.0 Å². The number of nitrogens with one attached hydrogen (secondary N) is 1. The Balaban J connectivity index is 1.58. The Morgan fingerprint density at radius 1 is 1.30 bits per heavy atom. The average molecular weight is 413 g/mol. The number of nitrogens with zero attached hydrogens (tertiary/aromatic N) is 5. The van der Waals surface area contributed by atoms with E-state index in [1.807, 2.05) is 31.0 Å². The van der Waals surface area contributed by atoms with Gasteiger partial charge in [0.05, 0.1) is 11.7 Å². The number of ether oxygens (including phenoxy) is 1. The minimum absolute atomic E-state index is 0.104. The number of rotatable bonds is 8. The Kier molecular flexibility index (Phi) is 6.04. The summed E-state index contributed by atoms with van der Waals surface area (Å²) < 4.78 is 7.78. The average Bonchev–Trinajstić information content (AvgIpc) is 3.48. The number of H-pyrrole nitrogens is 1. The smallest absolute Gasteiger partial charge is 0.251 e. The third-order valence-corrected chi connectivity index (χ3v) is 6.80. The largest absolute Gasteiger partial charge is 0.372 e. The van der Waals surface area contributed by atoms with Crippen LogP contribution < -0.4 is 0 Å². The molecule has 0 radical (unpaired) electrons. The zero-order valence-corrected chi connectivity index (χ0v) is 18.3. The number of hydrogen-bond donors (Lipinski definition) is 1. The molecule has 0 aliphatic heterocycles. The summed E-state index contributed by atoms with van der Waals surface area (Å²) in [7, 11) is 1.65. The third-order valence-electron chi connectivity index (χ3n) is 6.80. The molecule has 1 fully saturated rings. The number of carbonyl (C=O) groups is 1. The Bertz CT molecular complexity index is 1010. The first kappa shape index (κ1) is 20.8. The van der Waals surface area contributed by atoms with Crippen LogP contribution in [0.4, 0.5) is 0 Å². The van der Waals surface area contributed by atoms with E-state index >= 15 is 0 Å². The van der Waals surface area contributed by atoms with E-state index in [0.29, 0.717) is 30.8 Å². The highest BCUT2D eigenvalue weighted by molar-refractivity contribution is 5.81. The molecule has 0 saturated heterocycles. The van der Waals surface area contributed by atoms with Crippen molar-refractivity contribution in [3.63, 3.8) is 0 Å². The molecular formula is C22H32N6O2. The highest BCUT2D eigenvalue weighted by Crippen LogP contribution is 2.46. The molecule has 3 aromatic rings. The van der Waals surface area contributed by atoms with E-state index in [2.05, 4.69) is 31.5 Å². The third kappa shape index (κ3) is 3.57. The molecule has 3 aromatic heterocycles. The van der Waals surface area contributed by atoms with Crippen LogP contribution in [0.5, 0.6) is 0 Å². The van der Waals surface area contributed by atoms with Gasteiger partial charge >= 0.3 is 0 Å². The van der Waals surface area contributed by atoms with Crippen LogP contribution in [0.25, 0.3) is 16.8 Å². The summed E-state index contributed by atoms with van der Waals surface area (Å²) in [6.45, 7) is 7.70. The SMILES string of the molecule is CC[C@H]1C[C@@H](CC(OC)C(=O)N(CC)CC)C[C@@H]1c1nnc2cnc3[nH]ccc3n12. The van der Waals surface area contributed by atoms with Crippen molar-refractivity contribution < 1.29 is 9.53 Å². The van der Waals surface area contributed by atoms with Gasteiger partial charge in [-0.2, -0.15) is 0 Å². The van der Waals surface area contributed by atoms with E-state index in [4.69, 9.17) is 4.74 Å². The lowest BCUT2D eigenvalue weighted by Crippen LogP contribution is -2.40. The van der Waals surface area contributed by atoms with Gasteiger partial charge in [-0.3, -0.25) is 9.20 Å². The minimum atomic E-state index is -0.373. The summed E-state index contributed by atoms with van der Waals surface area (Å²) in [6, 6.07) is 2.03. The lowest BCUT2D eigenvalue weighted by Gasteiger charge is -2.26. The maximum Gasteiger partial charge on any atom is 0.251 e. The van der Waals surface area contributed by atoms with Crippen LogP contribution in [0.3, 0.4) is 0 Å². The molecule has 1 saturated carbocycles. The summed E-state index contributed by atoms with van der Waals surface area (Å²) >= 11 is 0. The summed E-state index contributed by atoms with van der Waals surface area (Å²) in [4.78, 5) is 22.3. The molecule has 1 N–H and O–H groups in total. The van der Waals surface area contributed by atoms with Crippen LogP contribution in [-0.4, -0.2) is 61.7 Å². The van der Waals surface area contributed by atoms with E-state index in [9.17, 15) is 4.79 Å². The second-order valence-electron chi connectivity index (χ2n) is 8.30. The van der Waals surface area contributed by atoms with E-state index in [1.165, 1.54) is 0 Å². The normalized spacial score (nSPS) is 22.7. The van der Waals surface area contributed by atoms with Gasteiger partial charge in [0.15, 0.2) is 11.3 Å². The highest BCUT2D eigenvalue weighted by atomic mass is 16.5. The van der Waals surface area contributed by atoms with Gasteiger partial charge in [-0.15, -0.1) is 10.2 Å². The van der Waals surface area contributed by atoms with Crippen molar-refractivity contribution in [2.24, 2.45) is 11.8 Å². The zero-order chi connectivity index (χ0) is 21.3. The van der Waals surface area contributed by atoms with Crippen molar-refractivity contribution >= 4 is 22.7 Å². The van der Waals surface area contributed by atoms with E-state index in [1.54, 1.807) is 13.3 Å².